The van der Waals surface area contributed by atoms with Crippen LogP contribution in [0.15, 0.2) is 12.3 Å². The number of rotatable bonds is 5. The van der Waals surface area contributed by atoms with E-state index in [1.54, 1.807) is 0 Å². The maximum Gasteiger partial charge on any atom is 0.0643 e. The normalized spacial score (nSPS) is 27.9. The van der Waals surface area contributed by atoms with Crippen LogP contribution in [0.4, 0.5) is 0 Å². The molecule has 1 aliphatic heterocycles. The van der Waals surface area contributed by atoms with Crippen LogP contribution in [0.2, 0.25) is 0 Å². The van der Waals surface area contributed by atoms with Crippen molar-refractivity contribution in [2.75, 3.05) is 6.54 Å². The van der Waals surface area contributed by atoms with Crippen LogP contribution in [0.25, 0.3) is 0 Å². The SMILES string of the molecule is CCCC1(Cc2ccn(C3CCCC3)n2)CCCCCN1. The molecule has 3 rings (SSSR count). The van der Waals surface area contributed by atoms with Crippen molar-refractivity contribution >= 4 is 0 Å². The van der Waals surface area contributed by atoms with Gasteiger partial charge in [0.25, 0.3) is 0 Å². The summed E-state index contributed by atoms with van der Waals surface area (Å²) in [6.07, 6.45) is 16.7. The monoisotopic (exact) mass is 289 g/mol. The quantitative estimate of drug-likeness (QED) is 0.878. The highest BCUT2D eigenvalue weighted by Gasteiger charge is 2.31. The highest BCUT2D eigenvalue weighted by molar-refractivity contribution is 5.07. The zero-order valence-electron chi connectivity index (χ0n) is 13.6. The zero-order chi connectivity index (χ0) is 14.5. The smallest absolute Gasteiger partial charge is 0.0643 e. The molecule has 1 unspecified atom stereocenters. The number of nitrogens with zero attached hydrogens (tertiary/aromatic N) is 2. The van der Waals surface area contributed by atoms with Gasteiger partial charge in [-0.25, -0.2) is 0 Å². The second-order valence-electron chi connectivity index (χ2n) is 7.17. The van der Waals surface area contributed by atoms with E-state index in [1.807, 2.05) is 0 Å². The Morgan fingerprint density at radius 3 is 2.90 bits per heavy atom. The molecular weight excluding hydrogens is 258 g/mol. The molecule has 2 aliphatic rings. The first-order valence-corrected chi connectivity index (χ1v) is 9.10. The second-order valence-corrected chi connectivity index (χ2v) is 7.17. The molecule has 1 N–H and O–H groups in total. The number of hydrogen-bond acceptors (Lipinski definition) is 2. The van der Waals surface area contributed by atoms with Gasteiger partial charge >= 0.3 is 0 Å². The van der Waals surface area contributed by atoms with Crippen molar-refractivity contribution < 1.29 is 0 Å². The van der Waals surface area contributed by atoms with Crippen molar-refractivity contribution in [3.8, 4) is 0 Å². The zero-order valence-corrected chi connectivity index (χ0v) is 13.6. The first-order chi connectivity index (χ1) is 10.3. The minimum atomic E-state index is 0.306. The third-order valence-electron chi connectivity index (χ3n) is 5.44. The minimum Gasteiger partial charge on any atom is -0.311 e. The summed E-state index contributed by atoms with van der Waals surface area (Å²) in [4.78, 5) is 0. The van der Waals surface area contributed by atoms with Gasteiger partial charge in [0.1, 0.15) is 0 Å². The summed E-state index contributed by atoms with van der Waals surface area (Å²) in [5.74, 6) is 0. The molecule has 1 saturated heterocycles. The number of nitrogens with one attached hydrogen (secondary N) is 1. The molecule has 1 aliphatic carbocycles. The predicted molar refractivity (Wildman–Crippen MR) is 87.5 cm³/mol. The van der Waals surface area contributed by atoms with Gasteiger partial charge < -0.3 is 5.32 Å². The van der Waals surface area contributed by atoms with Crippen molar-refractivity contribution in [2.45, 2.75) is 89.1 Å². The largest absolute Gasteiger partial charge is 0.311 e. The standard InChI is InChI=1S/C18H31N3/c1-2-11-18(12-6-3-7-13-19-18)15-16-10-14-21(20-16)17-8-4-5-9-17/h10,14,17,19H,2-9,11-13,15H2,1H3. The molecule has 1 aromatic heterocycles. The number of hydrogen-bond donors (Lipinski definition) is 1. The average Bonchev–Trinajstić information content (AvgIpc) is 3.09. The number of aromatic nitrogens is 2. The van der Waals surface area contributed by atoms with Crippen LogP contribution >= 0.6 is 0 Å². The van der Waals surface area contributed by atoms with Crippen LogP contribution in [0.3, 0.4) is 0 Å². The molecule has 0 bridgehead atoms. The summed E-state index contributed by atoms with van der Waals surface area (Å²) < 4.78 is 2.25. The van der Waals surface area contributed by atoms with Crippen molar-refractivity contribution in [3.63, 3.8) is 0 Å². The van der Waals surface area contributed by atoms with Crippen molar-refractivity contribution in [3.05, 3.63) is 18.0 Å². The molecule has 0 amide bonds. The molecule has 21 heavy (non-hydrogen) atoms. The fourth-order valence-corrected chi connectivity index (χ4v) is 4.33. The summed E-state index contributed by atoms with van der Waals surface area (Å²) >= 11 is 0. The van der Waals surface area contributed by atoms with Gasteiger partial charge in [0.15, 0.2) is 0 Å². The van der Waals surface area contributed by atoms with Crippen LogP contribution in [0, 0.1) is 0 Å². The molecule has 118 valence electrons. The second kappa shape index (κ2) is 6.95. The Labute approximate surface area is 129 Å². The van der Waals surface area contributed by atoms with E-state index in [2.05, 4.69) is 29.2 Å². The van der Waals surface area contributed by atoms with Gasteiger partial charge in [0, 0.05) is 18.2 Å². The van der Waals surface area contributed by atoms with Gasteiger partial charge in [0.05, 0.1) is 11.7 Å². The molecule has 1 saturated carbocycles. The van der Waals surface area contributed by atoms with Gasteiger partial charge in [-0.15, -0.1) is 0 Å². The van der Waals surface area contributed by atoms with Crippen LogP contribution in [-0.4, -0.2) is 21.9 Å². The van der Waals surface area contributed by atoms with Crippen LogP contribution in [0.1, 0.15) is 82.9 Å². The van der Waals surface area contributed by atoms with Crippen molar-refractivity contribution in [1.82, 2.24) is 15.1 Å². The third kappa shape index (κ3) is 3.68. The highest BCUT2D eigenvalue weighted by Crippen LogP contribution is 2.30. The van der Waals surface area contributed by atoms with Gasteiger partial charge in [-0.2, -0.15) is 5.10 Å². The van der Waals surface area contributed by atoms with E-state index in [1.165, 1.54) is 76.4 Å². The van der Waals surface area contributed by atoms with Gasteiger partial charge in [-0.1, -0.05) is 39.0 Å². The Morgan fingerprint density at radius 1 is 1.24 bits per heavy atom. The van der Waals surface area contributed by atoms with E-state index in [0.717, 1.165) is 6.42 Å². The minimum absolute atomic E-state index is 0.306. The Hall–Kier alpha value is -0.830. The van der Waals surface area contributed by atoms with Crippen LogP contribution in [0.5, 0.6) is 0 Å². The lowest BCUT2D eigenvalue weighted by Gasteiger charge is -2.33. The lowest BCUT2D eigenvalue weighted by atomic mass is 9.84. The molecule has 0 spiro atoms. The molecule has 2 fully saturated rings. The average molecular weight is 289 g/mol. The third-order valence-corrected chi connectivity index (χ3v) is 5.44. The lowest BCUT2D eigenvalue weighted by molar-refractivity contribution is 0.284. The summed E-state index contributed by atoms with van der Waals surface area (Å²) in [5.41, 5.74) is 1.60. The summed E-state index contributed by atoms with van der Waals surface area (Å²) in [5, 5.41) is 8.79. The van der Waals surface area contributed by atoms with Crippen molar-refractivity contribution in [2.24, 2.45) is 0 Å². The Morgan fingerprint density at radius 2 is 2.10 bits per heavy atom. The molecule has 0 aromatic carbocycles. The molecule has 1 aromatic rings. The Kier molecular flexibility index (Phi) is 4.99. The van der Waals surface area contributed by atoms with Crippen LogP contribution < -0.4 is 5.32 Å². The fourth-order valence-electron chi connectivity index (χ4n) is 4.33. The van der Waals surface area contributed by atoms with Gasteiger partial charge in [-0.05, 0) is 44.7 Å². The molecule has 2 heterocycles. The van der Waals surface area contributed by atoms with E-state index in [0.29, 0.717) is 11.6 Å². The van der Waals surface area contributed by atoms with E-state index in [-0.39, 0.29) is 0 Å². The van der Waals surface area contributed by atoms with Gasteiger partial charge in [-0.3, -0.25) is 4.68 Å². The molecular formula is C18H31N3. The summed E-state index contributed by atoms with van der Waals surface area (Å²) in [6, 6.07) is 2.94. The first kappa shape index (κ1) is 15.1. The fraction of sp³-hybridized carbons (Fsp3) is 0.833. The topological polar surface area (TPSA) is 29.9 Å². The maximum absolute atomic E-state index is 4.92. The molecule has 3 heteroatoms. The van der Waals surface area contributed by atoms with E-state index in [4.69, 9.17) is 5.10 Å². The Bertz CT molecular complexity index is 423. The highest BCUT2D eigenvalue weighted by atomic mass is 15.3. The summed E-state index contributed by atoms with van der Waals surface area (Å²) in [7, 11) is 0. The lowest BCUT2D eigenvalue weighted by Crippen LogP contribution is -2.46. The molecule has 0 radical (unpaired) electrons. The van der Waals surface area contributed by atoms with E-state index in [9.17, 15) is 0 Å². The van der Waals surface area contributed by atoms with Crippen LogP contribution in [-0.2, 0) is 6.42 Å². The summed E-state index contributed by atoms with van der Waals surface area (Å²) in [6.45, 7) is 3.49. The first-order valence-electron chi connectivity index (χ1n) is 9.10. The van der Waals surface area contributed by atoms with Gasteiger partial charge in [0.2, 0.25) is 0 Å². The van der Waals surface area contributed by atoms with Crippen molar-refractivity contribution in [1.29, 1.82) is 0 Å². The maximum atomic E-state index is 4.92. The van der Waals surface area contributed by atoms with E-state index < -0.39 is 0 Å². The van der Waals surface area contributed by atoms with E-state index >= 15 is 0 Å². The molecule has 1 atom stereocenters. The molecule has 3 nitrogen and oxygen atoms in total. The predicted octanol–water partition coefficient (Wildman–Crippen LogP) is 4.24. The Balaban J connectivity index is 1.69.